The van der Waals surface area contributed by atoms with E-state index in [-0.39, 0.29) is 15.9 Å². The largest absolute Gasteiger partial charge is 0.478 e. The Hall–Kier alpha value is -1.40. The number of nitrogens with one attached hydrogen (secondary N) is 1. The molecule has 1 aromatic rings. The zero-order chi connectivity index (χ0) is 14.3. The number of rotatable bonds is 5. The number of sulfonamides is 1. The Kier molecular flexibility index (Phi) is 3.40. The van der Waals surface area contributed by atoms with Gasteiger partial charge in [-0.1, -0.05) is 13.8 Å². The topological polar surface area (TPSA) is 83.5 Å². The lowest BCUT2D eigenvalue weighted by Gasteiger charge is -2.08. The number of aromatic carboxylic acids is 1. The highest BCUT2D eigenvalue weighted by Crippen LogP contribution is 2.51. The van der Waals surface area contributed by atoms with Gasteiger partial charge >= 0.3 is 5.97 Å². The molecule has 104 valence electrons. The van der Waals surface area contributed by atoms with Gasteiger partial charge in [0, 0.05) is 6.54 Å². The van der Waals surface area contributed by atoms with E-state index >= 15 is 0 Å². The molecule has 1 saturated carbocycles. The zero-order valence-corrected chi connectivity index (χ0v) is 11.7. The van der Waals surface area contributed by atoms with Crippen molar-refractivity contribution in [3.63, 3.8) is 0 Å². The average Bonchev–Trinajstić information content (AvgIpc) is 2.95. The van der Waals surface area contributed by atoms with E-state index in [0.717, 1.165) is 6.42 Å². The Balaban J connectivity index is 2.05. The Bertz CT molecular complexity index is 590. The van der Waals surface area contributed by atoms with Crippen LogP contribution in [0, 0.1) is 11.3 Å². The number of hydrogen-bond donors (Lipinski definition) is 2. The first-order valence-electron chi connectivity index (χ1n) is 6.05. The highest BCUT2D eigenvalue weighted by atomic mass is 32.2. The highest BCUT2D eigenvalue weighted by Gasteiger charge is 2.45. The van der Waals surface area contributed by atoms with Crippen molar-refractivity contribution >= 4 is 16.0 Å². The van der Waals surface area contributed by atoms with Gasteiger partial charge in [-0.05, 0) is 42.0 Å². The molecule has 1 aromatic carbocycles. The summed E-state index contributed by atoms with van der Waals surface area (Å²) in [6, 6.07) is 5.20. The Morgan fingerprint density at radius 1 is 1.37 bits per heavy atom. The molecular formula is C13H17NO4S. The van der Waals surface area contributed by atoms with Crippen LogP contribution in [0.5, 0.6) is 0 Å². The maximum atomic E-state index is 12.0. The molecule has 6 heteroatoms. The highest BCUT2D eigenvalue weighted by molar-refractivity contribution is 7.89. The molecule has 1 fully saturated rings. The molecule has 5 nitrogen and oxygen atoms in total. The smallest absolute Gasteiger partial charge is 0.335 e. The van der Waals surface area contributed by atoms with Crippen LogP contribution in [0.1, 0.15) is 30.6 Å². The summed E-state index contributed by atoms with van der Waals surface area (Å²) < 4.78 is 26.6. The fraction of sp³-hybridized carbons (Fsp3) is 0.462. The molecule has 0 spiro atoms. The van der Waals surface area contributed by atoms with Crippen LogP contribution >= 0.6 is 0 Å². The number of carboxylic acids is 1. The summed E-state index contributed by atoms with van der Waals surface area (Å²) in [5.41, 5.74) is 0.289. The van der Waals surface area contributed by atoms with Gasteiger partial charge in [0.1, 0.15) is 0 Å². The Labute approximate surface area is 112 Å². The molecule has 0 heterocycles. The quantitative estimate of drug-likeness (QED) is 0.861. The molecule has 0 amide bonds. The predicted molar refractivity (Wildman–Crippen MR) is 70.5 cm³/mol. The summed E-state index contributed by atoms with van der Waals surface area (Å²) in [4.78, 5) is 10.8. The minimum Gasteiger partial charge on any atom is -0.478 e. The minimum absolute atomic E-state index is 0.0716. The minimum atomic E-state index is -3.55. The second kappa shape index (κ2) is 4.61. The SMILES string of the molecule is CC1(C)CC1CNS(=O)(=O)c1ccc(C(=O)O)cc1. The van der Waals surface area contributed by atoms with Crippen LogP contribution in [0.3, 0.4) is 0 Å². The summed E-state index contributed by atoms with van der Waals surface area (Å²) in [5.74, 6) is -0.697. The monoisotopic (exact) mass is 283 g/mol. The standard InChI is InChI=1S/C13H17NO4S/c1-13(2)7-10(13)8-14-19(17,18)11-5-3-9(4-6-11)12(15)16/h3-6,10,14H,7-8H2,1-2H3,(H,15,16). The van der Waals surface area contributed by atoms with Gasteiger partial charge < -0.3 is 5.11 Å². The van der Waals surface area contributed by atoms with Crippen molar-refractivity contribution in [2.24, 2.45) is 11.3 Å². The maximum Gasteiger partial charge on any atom is 0.335 e. The van der Waals surface area contributed by atoms with Crippen LogP contribution in [-0.4, -0.2) is 26.0 Å². The molecular weight excluding hydrogens is 266 g/mol. The zero-order valence-electron chi connectivity index (χ0n) is 10.9. The fourth-order valence-corrected chi connectivity index (χ4v) is 3.08. The van der Waals surface area contributed by atoms with Crippen LogP contribution in [0.25, 0.3) is 0 Å². The van der Waals surface area contributed by atoms with Crippen LogP contribution in [0.15, 0.2) is 29.2 Å². The van der Waals surface area contributed by atoms with Crippen LogP contribution in [0.4, 0.5) is 0 Å². The molecule has 1 unspecified atom stereocenters. The third-order valence-electron chi connectivity index (χ3n) is 3.65. The molecule has 0 aliphatic heterocycles. The van der Waals surface area contributed by atoms with Crippen molar-refractivity contribution in [3.8, 4) is 0 Å². The van der Waals surface area contributed by atoms with Gasteiger partial charge in [0.05, 0.1) is 10.5 Å². The second-order valence-corrected chi connectivity index (χ2v) is 7.34. The van der Waals surface area contributed by atoms with E-state index in [1.54, 1.807) is 0 Å². The molecule has 2 rings (SSSR count). The van der Waals surface area contributed by atoms with Crippen molar-refractivity contribution < 1.29 is 18.3 Å². The fourth-order valence-electron chi connectivity index (χ4n) is 1.99. The van der Waals surface area contributed by atoms with E-state index < -0.39 is 16.0 Å². The normalized spacial score (nSPS) is 21.1. The number of carbonyl (C=O) groups is 1. The van der Waals surface area contributed by atoms with Crippen molar-refractivity contribution in [1.29, 1.82) is 0 Å². The summed E-state index contributed by atoms with van der Waals surface area (Å²) in [6.45, 7) is 4.64. The second-order valence-electron chi connectivity index (χ2n) is 5.57. The first kappa shape index (κ1) is 14.0. The lowest BCUT2D eigenvalue weighted by molar-refractivity contribution is 0.0696. The molecule has 1 aliphatic rings. The molecule has 19 heavy (non-hydrogen) atoms. The lowest BCUT2D eigenvalue weighted by Crippen LogP contribution is -2.26. The van der Waals surface area contributed by atoms with Gasteiger partial charge in [-0.15, -0.1) is 0 Å². The molecule has 0 saturated heterocycles. The predicted octanol–water partition coefficient (Wildman–Crippen LogP) is 1.71. The Morgan fingerprint density at radius 3 is 2.32 bits per heavy atom. The number of benzene rings is 1. The van der Waals surface area contributed by atoms with E-state index in [0.29, 0.717) is 12.5 Å². The van der Waals surface area contributed by atoms with Crippen molar-refractivity contribution in [2.75, 3.05) is 6.54 Å². The first-order chi connectivity index (χ1) is 8.72. The van der Waals surface area contributed by atoms with E-state index in [1.165, 1.54) is 24.3 Å². The van der Waals surface area contributed by atoms with Gasteiger partial charge in [-0.25, -0.2) is 17.9 Å². The van der Waals surface area contributed by atoms with Gasteiger partial charge in [0.2, 0.25) is 10.0 Å². The van der Waals surface area contributed by atoms with Gasteiger partial charge in [0.15, 0.2) is 0 Å². The van der Waals surface area contributed by atoms with Gasteiger partial charge in [-0.2, -0.15) is 0 Å². The van der Waals surface area contributed by atoms with Gasteiger partial charge in [0.25, 0.3) is 0 Å². The third-order valence-corrected chi connectivity index (χ3v) is 5.09. The summed E-state index contributed by atoms with van der Waals surface area (Å²) in [5, 5.41) is 8.76. The first-order valence-corrected chi connectivity index (χ1v) is 7.54. The van der Waals surface area contributed by atoms with Crippen molar-refractivity contribution in [1.82, 2.24) is 4.72 Å². The van der Waals surface area contributed by atoms with E-state index in [1.807, 2.05) is 0 Å². The van der Waals surface area contributed by atoms with Crippen LogP contribution < -0.4 is 4.72 Å². The van der Waals surface area contributed by atoms with Crippen LogP contribution in [-0.2, 0) is 10.0 Å². The van der Waals surface area contributed by atoms with E-state index in [4.69, 9.17) is 5.11 Å². The summed E-state index contributed by atoms with van der Waals surface area (Å²) in [7, 11) is -3.55. The van der Waals surface area contributed by atoms with E-state index in [9.17, 15) is 13.2 Å². The molecule has 1 aliphatic carbocycles. The average molecular weight is 283 g/mol. The summed E-state index contributed by atoms with van der Waals surface area (Å²) in [6.07, 6.45) is 1.02. The van der Waals surface area contributed by atoms with E-state index in [2.05, 4.69) is 18.6 Å². The maximum absolute atomic E-state index is 12.0. The molecule has 0 bridgehead atoms. The van der Waals surface area contributed by atoms with Crippen LogP contribution in [0.2, 0.25) is 0 Å². The Morgan fingerprint density at radius 2 is 1.89 bits per heavy atom. The number of carboxylic acid groups (broad SMARTS) is 1. The van der Waals surface area contributed by atoms with Gasteiger partial charge in [-0.3, -0.25) is 0 Å². The van der Waals surface area contributed by atoms with Crippen molar-refractivity contribution in [3.05, 3.63) is 29.8 Å². The van der Waals surface area contributed by atoms with Crippen molar-refractivity contribution in [2.45, 2.75) is 25.2 Å². The summed E-state index contributed by atoms with van der Waals surface area (Å²) >= 11 is 0. The third kappa shape index (κ3) is 3.13. The number of hydrogen-bond acceptors (Lipinski definition) is 3. The molecule has 2 N–H and O–H groups in total. The molecule has 1 atom stereocenters. The lowest BCUT2D eigenvalue weighted by atomic mass is 10.1. The molecule has 0 radical (unpaired) electrons. The molecule has 0 aromatic heterocycles.